The van der Waals surface area contributed by atoms with E-state index in [1.165, 1.54) is 5.56 Å². The maximum absolute atomic E-state index is 13.3. The Morgan fingerprint density at radius 3 is 2.53 bits per heavy atom. The van der Waals surface area contributed by atoms with Crippen LogP contribution in [-0.2, 0) is 17.8 Å². The van der Waals surface area contributed by atoms with Crippen LogP contribution in [0.15, 0.2) is 78.9 Å². The zero-order valence-electron chi connectivity index (χ0n) is 17.9. The topological polar surface area (TPSA) is 67.2 Å². The molecule has 1 aliphatic rings. The molecule has 2 heterocycles. The molecule has 6 nitrogen and oxygen atoms in total. The van der Waals surface area contributed by atoms with Crippen LogP contribution in [0.2, 0.25) is 0 Å². The summed E-state index contributed by atoms with van der Waals surface area (Å²) in [5.41, 5.74) is 4.45. The molecule has 0 saturated carbocycles. The Hall–Kier alpha value is -3.93. The number of amides is 2. The van der Waals surface area contributed by atoms with E-state index in [0.29, 0.717) is 17.9 Å². The zero-order chi connectivity index (χ0) is 22.1. The van der Waals surface area contributed by atoms with Gasteiger partial charge in [-0.3, -0.25) is 9.59 Å². The number of carbonyl (C=O) groups excluding carboxylic acids is 2. The van der Waals surface area contributed by atoms with E-state index in [4.69, 9.17) is 4.98 Å². The van der Waals surface area contributed by atoms with Crippen LogP contribution in [0.1, 0.15) is 34.7 Å². The fraction of sp³-hybridized carbons (Fsp3) is 0.192. The number of nitrogens with one attached hydrogen (secondary N) is 1. The van der Waals surface area contributed by atoms with Crippen molar-refractivity contribution in [2.24, 2.45) is 0 Å². The van der Waals surface area contributed by atoms with Gasteiger partial charge in [-0.15, -0.1) is 0 Å². The Bertz CT molecular complexity index is 1300. The van der Waals surface area contributed by atoms with Crippen LogP contribution in [-0.4, -0.2) is 27.9 Å². The highest BCUT2D eigenvalue weighted by Crippen LogP contribution is 2.28. The normalized spacial score (nSPS) is 13.7. The van der Waals surface area contributed by atoms with Gasteiger partial charge in [-0.1, -0.05) is 48.5 Å². The highest BCUT2D eigenvalue weighted by Gasteiger charge is 2.27. The molecular formula is C26H24N4O2. The molecule has 2 amide bonds. The summed E-state index contributed by atoms with van der Waals surface area (Å²) in [7, 11) is 0. The van der Waals surface area contributed by atoms with Crippen LogP contribution in [0, 0.1) is 0 Å². The Morgan fingerprint density at radius 1 is 0.969 bits per heavy atom. The van der Waals surface area contributed by atoms with Crippen molar-refractivity contribution < 1.29 is 9.59 Å². The van der Waals surface area contributed by atoms with Gasteiger partial charge >= 0.3 is 0 Å². The maximum atomic E-state index is 13.3. The molecule has 3 aromatic carbocycles. The van der Waals surface area contributed by atoms with E-state index < -0.39 is 0 Å². The second kappa shape index (κ2) is 8.30. The molecule has 1 N–H and O–H groups in total. The van der Waals surface area contributed by atoms with Crippen molar-refractivity contribution in [3.05, 3.63) is 95.8 Å². The summed E-state index contributed by atoms with van der Waals surface area (Å²) in [5, 5.41) is 3.03. The van der Waals surface area contributed by atoms with Gasteiger partial charge in [0, 0.05) is 17.8 Å². The van der Waals surface area contributed by atoms with Crippen molar-refractivity contribution in [3.63, 3.8) is 0 Å². The molecule has 32 heavy (non-hydrogen) atoms. The Labute approximate surface area is 186 Å². The molecule has 6 heteroatoms. The van der Waals surface area contributed by atoms with Crippen LogP contribution in [0.3, 0.4) is 0 Å². The van der Waals surface area contributed by atoms with Crippen LogP contribution in [0.5, 0.6) is 0 Å². The number of hydrogen-bond acceptors (Lipinski definition) is 3. The quantitative estimate of drug-likeness (QED) is 0.524. The van der Waals surface area contributed by atoms with Crippen molar-refractivity contribution >= 4 is 28.5 Å². The molecule has 4 aromatic rings. The van der Waals surface area contributed by atoms with Gasteiger partial charge in [-0.05, 0) is 49.2 Å². The number of benzene rings is 3. The van der Waals surface area contributed by atoms with Crippen molar-refractivity contribution in [1.29, 1.82) is 0 Å². The summed E-state index contributed by atoms with van der Waals surface area (Å²) in [4.78, 5) is 32.6. The lowest BCUT2D eigenvalue weighted by Crippen LogP contribution is -2.34. The van der Waals surface area contributed by atoms with Gasteiger partial charge < -0.3 is 14.8 Å². The third-order valence-corrected chi connectivity index (χ3v) is 5.94. The fourth-order valence-corrected chi connectivity index (χ4v) is 4.34. The molecule has 5 rings (SSSR count). The van der Waals surface area contributed by atoms with Crippen LogP contribution >= 0.6 is 0 Å². The van der Waals surface area contributed by atoms with Gasteiger partial charge in [-0.25, -0.2) is 4.98 Å². The lowest BCUT2D eigenvalue weighted by atomic mass is 10.2. The first kappa shape index (κ1) is 20.0. The van der Waals surface area contributed by atoms with Crippen LogP contribution in [0.25, 0.3) is 11.0 Å². The Morgan fingerprint density at radius 2 is 1.69 bits per heavy atom. The molecule has 1 aliphatic heterocycles. The summed E-state index contributed by atoms with van der Waals surface area (Å²) >= 11 is 0. The summed E-state index contributed by atoms with van der Waals surface area (Å²) in [5.74, 6) is 0.508. The predicted molar refractivity (Wildman–Crippen MR) is 125 cm³/mol. The van der Waals surface area contributed by atoms with Gasteiger partial charge in [0.1, 0.15) is 12.4 Å². The molecule has 0 fully saturated rings. The van der Waals surface area contributed by atoms with E-state index in [1.807, 2.05) is 77.1 Å². The monoisotopic (exact) mass is 424 g/mol. The number of imidazole rings is 1. The molecule has 0 radical (unpaired) electrons. The molecule has 0 spiro atoms. The van der Waals surface area contributed by atoms with E-state index in [2.05, 4.69) is 11.4 Å². The molecule has 0 aliphatic carbocycles. The molecule has 0 unspecified atom stereocenters. The summed E-state index contributed by atoms with van der Waals surface area (Å²) < 4.78 is 1.93. The second-order valence-electron chi connectivity index (χ2n) is 8.03. The third kappa shape index (κ3) is 3.64. The lowest BCUT2D eigenvalue weighted by Gasteiger charge is -2.20. The highest BCUT2D eigenvalue weighted by molar-refractivity contribution is 5.96. The number of hydrogen-bond donors (Lipinski definition) is 1. The average Bonchev–Trinajstić information content (AvgIpc) is 3.42. The van der Waals surface area contributed by atoms with Crippen molar-refractivity contribution in [3.8, 4) is 0 Å². The number of anilines is 1. The number of rotatable bonds is 5. The first-order chi connectivity index (χ1) is 15.6. The molecule has 0 bridgehead atoms. The summed E-state index contributed by atoms with van der Waals surface area (Å²) in [6.07, 6.45) is 0.864. The third-order valence-electron chi connectivity index (χ3n) is 5.94. The number of nitrogens with zero attached hydrogens (tertiary/aromatic N) is 3. The number of para-hydroxylation sites is 3. The number of carbonyl (C=O) groups is 2. The van der Waals surface area contributed by atoms with Crippen molar-refractivity contribution in [2.45, 2.75) is 25.9 Å². The fourth-order valence-electron chi connectivity index (χ4n) is 4.34. The van der Waals surface area contributed by atoms with Crippen LogP contribution in [0.4, 0.5) is 5.69 Å². The average molecular weight is 425 g/mol. The van der Waals surface area contributed by atoms with Crippen LogP contribution < -0.4 is 10.2 Å². The Balaban J connectivity index is 1.44. The first-order valence-corrected chi connectivity index (χ1v) is 10.8. The highest BCUT2D eigenvalue weighted by atomic mass is 16.2. The minimum absolute atomic E-state index is 0.0148. The van der Waals surface area contributed by atoms with E-state index in [0.717, 1.165) is 23.1 Å². The van der Waals surface area contributed by atoms with E-state index in [9.17, 15) is 9.59 Å². The lowest BCUT2D eigenvalue weighted by molar-refractivity contribution is -0.119. The first-order valence-electron chi connectivity index (χ1n) is 10.8. The van der Waals surface area contributed by atoms with Gasteiger partial charge in [0.2, 0.25) is 5.91 Å². The largest absolute Gasteiger partial charge is 0.342 e. The van der Waals surface area contributed by atoms with Gasteiger partial charge in [0.15, 0.2) is 0 Å². The number of fused-ring (bicyclic) bond motifs is 2. The minimum atomic E-state index is -0.367. The molecule has 1 atom stereocenters. The van der Waals surface area contributed by atoms with Crippen molar-refractivity contribution in [2.75, 3.05) is 11.4 Å². The SMILES string of the molecule is C[C@@H](NC(=O)c1ccccc1)c1nc2ccccc2n1CC(=O)N1CCc2ccccc21. The molecule has 0 saturated heterocycles. The van der Waals surface area contributed by atoms with E-state index in [-0.39, 0.29) is 24.4 Å². The predicted octanol–water partition coefficient (Wildman–Crippen LogP) is 4.12. The standard InChI is InChI=1S/C26H24N4O2/c1-18(27-26(32)20-10-3-2-4-11-20)25-28-21-12-6-8-14-23(21)30(25)17-24(31)29-16-15-19-9-5-7-13-22(19)29/h2-14,18H,15-17H2,1H3,(H,27,32)/t18-/m1/s1. The zero-order valence-corrected chi connectivity index (χ0v) is 17.9. The molecule has 160 valence electrons. The summed E-state index contributed by atoms with van der Waals surface area (Å²) in [6, 6.07) is 24.5. The van der Waals surface area contributed by atoms with Gasteiger partial charge in [-0.2, -0.15) is 0 Å². The van der Waals surface area contributed by atoms with E-state index in [1.54, 1.807) is 12.1 Å². The minimum Gasteiger partial charge on any atom is -0.342 e. The smallest absolute Gasteiger partial charge is 0.251 e. The van der Waals surface area contributed by atoms with Gasteiger partial charge in [0.05, 0.1) is 17.1 Å². The van der Waals surface area contributed by atoms with Gasteiger partial charge in [0.25, 0.3) is 5.91 Å². The van der Waals surface area contributed by atoms with E-state index >= 15 is 0 Å². The Kier molecular flexibility index (Phi) is 5.19. The summed E-state index contributed by atoms with van der Waals surface area (Å²) in [6.45, 7) is 2.74. The maximum Gasteiger partial charge on any atom is 0.251 e. The number of aromatic nitrogens is 2. The second-order valence-corrected chi connectivity index (χ2v) is 8.03. The molecular weight excluding hydrogens is 400 g/mol. The molecule has 1 aromatic heterocycles. The van der Waals surface area contributed by atoms with Crippen molar-refractivity contribution in [1.82, 2.24) is 14.9 Å².